The van der Waals surface area contributed by atoms with Gasteiger partial charge in [0.1, 0.15) is 0 Å². The van der Waals surface area contributed by atoms with Crippen molar-refractivity contribution in [3.05, 3.63) is 0 Å². The molecule has 0 aromatic heterocycles. The molecule has 2 aliphatic carbocycles. The van der Waals surface area contributed by atoms with Gasteiger partial charge in [-0.3, -0.25) is 0 Å². The van der Waals surface area contributed by atoms with Crippen LogP contribution in [0.25, 0.3) is 0 Å². The van der Waals surface area contributed by atoms with Gasteiger partial charge in [0.15, 0.2) is 0 Å². The van der Waals surface area contributed by atoms with Crippen molar-refractivity contribution < 1.29 is 5.11 Å². The summed E-state index contributed by atoms with van der Waals surface area (Å²) in [6.45, 7) is 2.27. The molecule has 7 unspecified atom stereocenters. The molecule has 0 bridgehead atoms. The molecular formula is C15H31N3O. The van der Waals surface area contributed by atoms with E-state index < -0.39 is 0 Å². The number of hydrogen-bond donors (Lipinski definition) is 4. The monoisotopic (exact) mass is 269 g/mol. The Kier molecular flexibility index (Phi) is 5.23. The van der Waals surface area contributed by atoms with Gasteiger partial charge in [0, 0.05) is 18.1 Å². The lowest BCUT2D eigenvalue weighted by atomic mass is 9.69. The largest absolute Gasteiger partial charge is 0.392 e. The minimum Gasteiger partial charge on any atom is -0.392 e. The fourth-order valence-corrected chi connectivity index (χ4v) is 4.01. The Labute approximate surface area is 117 Å². The van der Waals surface area contributed by atoms with Crippen LogP contribution in [0.2, 0.25) is 0 Å². The van der Waals surface area contributed by atoms with E-state index in [1.54, 1.807) is 0 Å². The average Bonchev–Trinajstić information content (AvgIpc) is 2.38. The second-order valence-electron chi connectivity index (χ2n) is 6.87. The highest BCUT2D eigenvalue weighted by Crippen LogP contribution is 2.37. The van der Waals surface area contributed by atoms with E-state index in [4.69, 9.17) is 17.2 Å². The second kappa shape index (κ2) is 6.53. The Morgan fingerprint density at radius 3 is 2.26 bits per heavy atom. The third kappa shape index (κ3) is 3.69. The minimum atomic E-state index is -0.383. The molecule has 4 heteroatoms. The van der Waals surface area contributed by atoms with Crippen LogP contribution in [0.1, 0.15) is 51.9 Å². The summed E-state index contributed by atoms with van der Waals surface area (Å²) in [5, 5.41) is 9.95. The van der Waals surface area contributed by atoms with Crippen LogP contribution in [0.5, 0.6) is 0 Å². The third-order valence-corrected chi connectivity index (χ3v) is 5.52. The van der Waals surface area contributed by atoms with Crippen molar-refractivity contribution >= 4 is 0 Å². The molecule has 2 rings (SSSR count). The summed E-state index contributed by atoms with van der Waals surface area (Å²) in [5.41, 5.74) is 18.4. The van der Waals surface area contributed by atoms with Crippen LogP contribution in [-0.2, 0) is 0 Å². The molecule has 4 nitrogen and oxygen atoms in total. The summed E-state index contributed by atoms with van der Waals surface area (Å²) in [6.07, 6.45) is 7.10. The summed E-state index contributed by atoms with van der Waals surface area (Å²) in [7, 11) is 0. The van der Waals surface area contributed by atoms with E-state index >= 15 is 0 Å². The smallest absolute Gasteiger partial charge is 0.0694 e. The van der Waals surface area contributed by atoms with Gasteiger partial charge < -0.3 is 22.3 Å². The van der Waals surface area contributed by atoms with E-state index in [9.17, 15) is 5.11 Å². The molecule has 0 aliphatic heterocycles. The maximum absolute atomic E-state index is 9.95. The van der Waals surface area contributed by atoms with Gasteiger partial charge in [-0.2, -0.15) is 0 Å². The first kappa shape index (κ1) is 15.2. The first-order valence-electron chi connectivity index (χ1n) is 7.96. The van der Waals surface area contributed by atoms with E-state index in [0.717, 1.165) is 31.6 Å². The standard InChI is InChI=1S/C15H31N3O/c1-2-9-3-4-12(16)10(5-9)6-11-7-15(19)14(18)8-13(11)17/h9-15,19H,2-8,16-18H2,1H3. The van der Waals surface area contributed by atoms with Gasteiger partial charge in [-0.25, -0.2) is 0 Å². The van der Waals surface area contributed by atoms with Gasteiger partial charge in [-0.15, -0.1) is 0 Å². The van der Waals surface area contributed by atoms with Crippen LogP contribution in [0.15, 0.2) is 0 Å². The lowest BCUT2D eigenvalue weighted by molar-refractivity contribution is 0.0551. The van der Waals surface area contributed by atoms with E-state index in [-0.39, 0.29) is 18.2 Å². The number of aliphatic hydroxyl groups excluding tert-OH is 1. The molecule has 2 fully saturated rings. The van der Waals surface area contributed by atoms with E-state index in [2.05, 4.69) is 6.92 Å². The fraction of sp³-hybridized carbons (Fsp3) is 1.00. The van der Waals surface area contributed by atoms with Gasteiger partial charge in [0.2, 0.25) is 0 Å². The Morgan fingerprint density at radius 2 is 1.58 bits per heavy atom. The van der Waals surface area contributed by atoms with Crippen LogP contribution in [0.4, 0.5) is 0 Å². The summed E-state index contributed by atoms with van der Waals surface area (Å²) in [6, 6.07) is 0.310. The van der Waals surface area contributed by atoms with Gasteiger partial charge in [-0.05, 0) is 56.3 Å². The lowest BCUT2D eigenvalue weighted by Crippen LogP contribution is -2.51. The van der Waals surface area contributed by atoms with Crippen molar-refractivity contribution in [2.45, 2.75) is 76.1 Å². The van der Waals surface area contributed by atoms with Crippen LogP contribution in [0.3, 0.4) is 0 Å². The quantitative estimate of drug-likeness (QED) is 0.613. The third-order valence-electron chi connectivity index (χ3n) is 5.52. The predicted molar refractivity (Wildman–Crippen MR) is 78.4 cm³/mol. The first-order valence-corrected chi connectivity index (χ1v) is 7.96. The van der Waals surface area contributed by atoms with Crippen LogP contribution < -0.4 is 17.2 Å². The Balaban J connectivity index is 1.91. The molecule has 0 amide bonds. The van der Waals surface area contributed by atoms with Crippen LogP contribution in [-0.4, -0.2) is 29.3 Å². The summed E-state index contributed by atoms with van der Waals surface area (Å²) in [4.78, 5) is 0. The lowest BCUT2D eigenvalue weighted by Gasteiger charge is -2.41. The number of nitrogens with two attached hydrogens (primary N) is 3. The molecule has 0 heterocycles. The number of hydrogen-bond acceptors (Lipinski definition) is 4. The van der Waals surface area contributed by atoms with Crippen LogP contribution >= 0.6 is 0 Å². The van der Waals surface area contributed by atoms with Crippen molar-refractivity contribution in [3.63, 3.8) is 0 Å². The molecular weight excluding hydrogens is 238 g/mol. The molecule has 0 aromatic rings. The maximum Gasteiger partial charge on any atom is 0.0694 e. The van der Waals surface area contributed by atoms with Gasteiger partial charge in [-0.1, -0.05) is 13.3 Å². The highest BCUT2D eigenvalue weighted by Gasteiger charge is 2.36. The van der Waals surface area contributed by atoms with E-state index in [1.165, 1.54) is 19.3 Å². The van der Waals surface area contributed by atoms with Gasteiger partial charge in [0.05, 0.1) is 6.10 Å². The maximum atomic E-state index is 9.95. The van der Waals surface area contributed by atoms with Crippen molar-refractivity contribution in [1.29, 1.82) is 0 Å². The molecule has 0 saturated heterocycles. The molecule has 7 N–H and O–H groups in total. The second-order valence-corrected chi connectivity index (χ2v) is 6.87. The highest BCUT2D eigenvalue weighted by atomic mass is 16.3. The van der Waals surface area contributed by atoms with Crippen molar-refractivity contribution in [3.8, 4) is 0 Å². The Hall–Kier alpha value is -0.160. The predicted octanol–water partition coefficient (Wildman–Crippen LogP) is 0.956. The summed E-state index contributed by atoms with van der Waals surface area (Å²) < 4.78 is 0. The molecule has 2 saturated carbocycles. The average molecular weight is 269 g/mol. The summed E-state index contributed by atoms with van der Waals surface area (Å²) >= 11 is 0. The zero-order chi connectivity index (χ0) is 14.0. The first-order chi connectivity index (χ1) is 9.01. The highest BCUT2D eigenvalue weighted by molar-refractivity contribution is 4.93. The molecule has 19 heavy (non-hydrogen) atoms. The molecule has 0 spiro atoms. The SMILES string of the molecule is CCC1CCC(N)C(CC2CC(O)C(N)CC2N)C1. The van der Waals surface area contributed by atoms with Gasteiger partial charge >= 0.3 is 0 Å². The fourth-order valence-electron chi connectivity index (χ4n) is 4.01. The van der Waals surface area contributed by atoms with E-state index in [1.807, 2.05) is 0 Å². The van der Waals surface area contributed by atoms with Gasteiger partial charge in [0.25, 0.3) is 0 Å². The molecule has 0 radical (unpaired) electrons. The Morgan fingerprint density at radius 1 is 0.895 bits per heavy atom. The Bertz CT molecular complexity index is 283. The minimum absolute atomic E-state index is 0.132. The summed E-state index contributed by atoms with van der Waals surface area (Å²) in [5.74, 6) is 1.80. The topological polar surface area (TPSA) is 98.3 Å². The molecule has 2 aliphatic rings. The van der Waals surface area contributed by atoms with Crippen LogP contribution in [0, 0.1) is 17.8 Å². The number of aliphatic hydroxyl groups is 1. The zero-order valence-corrected chi connectivity index (χ0v) is 12.2. The molecule has 112 valence electrons. The van der Waals surface area contributed by atoms with Crippen molar-refractivity contribution in [2.24, 2.45) is 35.0 Å². The van der Waals surface area contributed by atoms with Crippen molar-refractivity contribution in [2.75, 3.05) is 0 Å². The zero-order valence-electron chi connectivity index (χ0n) is 12.2. The number of rotatable bonds is 3. The van der Waals surface area contributed by atoms with E-state index in [0.29, 0.717) is 17.9 Å². The normalized spacial score (nSPS) is 48.2. The molecule has 0 aromatic carbocycles. The molecule has 7 atom stereocenters. The van der Waals surface area contributed by atoms with Crippen molar-refractivity contribution in [1.82, 2.24) is 0 Å².